The Morgan fingerprint density at radius 2 is 1.73 bits per heavy atom. The van der Waals surface area contributed by atoms with Crippen LogP contribution in [0.15, 0.2) is 33.3 Å². The van der Waals surface area contributed by atoms with Crippen molar-refractivity contribution in [2.24, 2.45) is 0 Å². The molecule has 1 fully saturated rings. The van der Waals surface area contributed by atoms with Gasteiger partial charge in [0, 0.05) is 23.1 Å². The summed E-state index contributed by atoms with van der Waals surface area (Å²) in [6, 6.07) is 8.40. The summed E-state index contributed by atoms with van der Waals surface area (Å²) in [7, 11) is 0. The van der Waals surface area contributed by atoms with Gasteiger partial charge in [0.05, 0.1) is 5.41 Å². The average molecular weight is 365 g/mol. The highest BCUT2D eigenvalue weighted by Gasteiger charge is 2.42. The van der Waals surface area contributed by atoms with E-state index >= 15 is 0 Å². The quantitative estimate of drug-likeness (QED) is 0.799. The van der Waals surface area contributed by atoms with Crippen molar-refractivity contribution >= 4 is 15.9 Å². The van der Waals surface area contributed by atoms with Crippen molar-refractivity contribution in [2.45, 2.75) is 44.4 Å². The predicted octanol–water partition coefficient (Wildman–Crippen LogP) is 4.23. The van der Waals surface area contributed by atoms with E-state index in [9.17, 15) is 0 Å². The lowest BCUT2D eigenvalue weighted by molar-refractivity contribution is 0.0523. The lowest BCUT2D eigenvalue weighted by atomic mass is 9.74. The molecular weight excluding hydrogens is 344 g/mol. The summed E-state index contributed by atoms with van der Waals surface area (Å²) in [5.41, 5.74) is 0.853. The van der Waals surface area contributed by atoms with Crippen molar-refractivity contribution in [2.75, 3.05) is 13.2 Å². The first-order valence-electron chi connectivity index (χ1n) is 7.60. The molecule has 1 aliphatic rings. The van der Waals surface area contributed by atoms with Gasteiger partial charge in [0.2, 0.25) is 5.89 Å². The van der Waals surface area contributed by atoms with Crippen LogP contribution in [0.5, 0.6) is 0 Å². The van der Waals surface area contributed by atoms with Gasteiger partial charge in [-0.2, -0.15) is 4.98 Å². The highest BCUT2D eigenvalue weighted by Crippen LogP contribution is 2.41. The number of halogens is 1. The van der Waals surface area contributed by atoms with Crippen molar-refractivity contribution in [3.05, 3.63) is 46.0 Å². The molecule has 1 saturated heterocycles. The molecule has 0 N–H and O–H groups in total. The fraction of sp³-hybridized carbons (Fsp3) is 0.529. The molecule has 1 aromatic heterocycles. The van der Waals surface area contributed by atoms with Gasteiger partial charge in [-0.1, -0.05) is 54.0 Å². The standard InChI is InChI=1S/C17H21BrN2O2/c1-16(2,3)14-19-15(22-20-14)17(8-10-21-11-9-17)12-4-6-13(18)7-5-12/h4-7H,8-11H2,1-3H3. The molecule has 0 unspecified atom stereocenters. The molecule has 0 amide bonds. The predicted molar refractivity (Wildman–Crippen MR) is 88.0 cm³/mol. The second kappa shape index (κ2) is 5.78. The molecule has 0 aliphatic carbocycles. The van der Waals surface area contributed by atoms with Crippen LogP contribution in [-0.2, 0) is 15.6 Å². The Morgan fingerprint density at radius 3 is 2.27 bits per heavy atom. The molecule has 2 heterocycles. The Bertz CT molecular complexity index is 637. The molecule has 4 nitrogen and oxygen atoms in total. The minimum absolute atomic E-state index is 0.117. The molecular formula is C17H21BrN2O2. The monoisotopic (exact) mass is 364 g/mol. The van der Waals surface area contributed by atoms with E-state index < -0.39 is 0 Å². The van der Waals surface area contributed by atoms with Gasteiger partial charge >= 0.3 is 0 Å². The van der Waals surface area contributed by atoms with E-state index in [2.05, 4.69) is 66.1 Å². The highest BCUT2D eigenvalue weighted by molar-refractivity contribution is 9.10. The van der Waals surface area contributed by atoms with E-state index in [1.54, 1.807) is 0 Å². The molecule has 5 heteroatoms. The third kappa shape index (κ3) is 2.84. The fourth-order valence-corrected chi connectivity index (χ4v) is 3.10. The topological polar surface area (TPSA) is 48.2 Å². The summed E-state index contributed by atoms with van der Waals surface area (Å²) in [6.07, 6.45) is 1.72. The third-order valence-corrected chi connectivity index (χ3v) is 4.78. The van der Waals surface area contributed by atoms with Gasteiger partial charge in [0.1, 0.15) is 0 Å². The lowest BCUT2D eigenvalue weighted by Crippen LogP contribution is -2.35. The van der Waals surface area contributed by atoms with Gasteiger partial charge in [0.25, 0.3) is 0 Å². The molecule has 0 saturated carbocycles. The Hall–Kier alpha value is -1.20. The van der Waals surface area contributed by atoms with Crippen molar-refractivity contribution < 1.29 is 9.26 Å². The van der Waals surface area contributed by atoms with Crippen molar-refractivity contribution in [1.82, 2.24) is 10.1 Å². The summed E-state index contributed by atoms with van der Waals surface area (Å²) < 4.78 is 12.3. The van der Waals surface area contributed by atoms with Gasteiger partial charge < -0.3 is 9.26 Å². The Balaban J connectivity index is 2.06. The van der Waals surface area contributed by atoms with Crippen LogP contribution >= 0.6 is 15.9 Å². The molecule has 0 spiro atoms. The first-order valence-corrected chi connectivity index (χ1v) is 8.40. The smallest absolute Gasteiger partial charge is 0.237 e. The number of hydrogen-bond acceptors (Lipinski definition) is 4. The molecule has 2 aromatic rings. The Kier molecular flexibility index (Phi) is 4.12. The van der Waals surface area contributed by atoms with Gasteiger partial charge in [-0.05, 0) is 30.5 Å². The van der Waals surface area contributed by atoms with Gasteiger partial charge in [-0.3, -0.25) is 0 Å². The zero-order valence-electron chi connectivity index (χ0n) is 13.2. The van der Waals surface area contributed by atoms with Crippen LogP contribution in [0, 0.1) is 0 Å². The molecule has 0 radical (unpaired) electrons. The normalized spacial score (nSPS) is 18.4. The van der Waals surface area contributed by atoms with Crippen molar-refractivity contribution in [1.29, 1.82) is 0 Å². The van der Waals surface area contributed by atoms with Crippen LogP contribution in [0.1, 0.15) is 50.9 Å². The van der Waals surface area contributed by atoms with Gasteiger partial charge in [-0.25, -0.2) is 0 Å². The largest absolute Gasteiger partial charge is 0.381 e. The highest BCUT2D eigenvalue weighted by atomic mass is 79.9. The van der Waals surface area contributed by atoms with E-state index in [0.29, 0.717) is 19.1 Å². The summed E-state index contributed by atoms with van der Waals surface area (Å²) in [4.78, 5) is 4.73. The van der Waals surface area contributed by atoms with Crippen molar-refractivity contribution in [3.63, 3.8) is 0 Å². The van der Waals surface area contributed by atoms with Crippen LogP contribution in [0.25, 0.3) is 0 Å². The van der Waals surface area contributed by atoms with Crippen LogP contribution in [0.2, 0.25) is 0 Å². The van der Waals surface area contributed by atoms with E-state index in [4.69, 9.17) is 14.2 Å². The fourth-order valence-electron chi connectivity index (χ4n) is 2.84. The molecule has 0 atom stereocenters. The zero-order chi connectivity index (χ0) is 15.8. The lowest BCUT2D eigenvalue weighted by Gasteiger charge is -2.34. The molecule has 1 aliphatic heterocycles. The number of rotatable bonds is 2. The number of nitrogens with zero attached hydrogens (tertiary/aromatic N) is 2. The minimum Gasteiger partial charge on any atom is -0.381 e. The first kappa shape index (κ1) is 15.7. The minimum atomic E-state index is -0.241. The van der Waals surface area contributed by atoms with Crippen LogP contribution < -0.4 is 0 Å². The first-order chi connectivity index (χ1) is 10.4. The zero-order valence-corrected chi connectivity index (χ0v) is 14.8. The number of benzene rings is 1. The van der Waals surface area contributed by atoms with Crippen LogP contribution in [0.3, 0.4) is 0 Å². The van der Waals surface area contributed by atoms with Gasteiger partial charge in [-0.15, -0.1) is 0 Å². The van der Waals surface area contributed by atoms with Crippen LogP contribution in [0.4, 0.5) is 0 Å². The van der Waals surface area contributed by atoms with Gasteiger partial charge in [0.15, 0.2) is 5.82 Å². The molecule has 118 valence electrons. The average Bonchev–Trinajstić information content (AvgIpc) is 2.99. The van der Waals surface area contributed by atoms with E-state index in [0.717, 1.165) is 23.1 Å². The number of ether oxygens (including phenoxy) is 1. The maximum absolute atomic E-state index is 5.69. The second-order valence-corrected chi connectivity index (χ2v) is 7.79. The summed E-state index contributed by atoms with van der Waals surface area (Å²) in [5.74, 6) is 1.47. The molecule has 3 rings (SSSR count). The third-order valence-electron chi connectivity index (χ3n) is 4.25. The van der Waals surface area contributed by atoms with E-state index in [1.807, 2.05) is 0 Å². The number of aromatic nitrogens is 2. The summed E-state index contributed by atoms with van der Waals surface area (Å²) in [6.45, 7) is 7.71. The molecule has 0 bridgehead atoms. The van der Waals surface area contributed by atoms with Crippen LogP contribution in [-0.4, -0.2) is 23.4 Å². The number of hydrogen-bond donors (Lipinski definition) is 0. The summed E-state index contributed by atoms with van der Waals surface area (Å²) in [5, 5.41) is 4.21. The van der Waals surface area contributed by atoms with Crippen molar-refractivity contribution in [3.8, 4) is 0 Å². The molecule has 1 aromatic carbocycles. The maximum Gasteiger partial charge on any atom is 0.237 e. The Morgan fingerprint density at radius 1 is 1.09 bits per heavy atom. The maximum atomic E-state index is 5.69. The SMILES string of the molecule is CC(C)(C)c1noc(C2(c3ccc(Br)cc3)CCOCC2)n1. The molecule has 22 heavy (non-hydrogen) atoms. The second-order valence-electron chi connectivity index (χ2n) is 6.87. The summed E-state index contributed by atoms with van der Waals surface area (Å²) >= 11 is 3.50. The van der Waals surface area contributed by atoms with E-state index in [1.165, 1.54) is 5.56 Å². The Labute approximate surface area is 139 Å². The van der Waals surface area contributed by atoms with E-state index in [-0.39, 0.29) is 10.8 Å².